The minimum Gasteiger partial charge on any atom is -0.374 e. The van der Waals surface area contributed by atoms with Gasteiger partial charge < -0.3 is 20.7 Å². The highest BCUT2D eigenvalue weighted by Crippen LogP contribution is 2.27. The molecule has 0 aromatic heterocycles. The van der Waals surface area contributed by atoms with Gasteiger partial charge in [0.25, 0.3) is 0 Å². The Kier molecular flexibility index (Phi) is 5.46. The van der Waals surface area contributed by atoms with Crippen molar-refractivity contribution in [2.24, 2.45) is 5.73 Å². The van der Waals surface area contributed by atoms with Gasteiger partial charge in [-0.25, -0.2) is 0 Å². The molecule has 0 saturated carbocycles. The molecule has 0 amide bonds. The summed E-state index contributed by atoms with van der Waals surface area (Å²) in [6, 6.07) is 0.638. The van der Waals surface area contributed by atoms with Crippen LogP contribution in [0.2, 0.25) is 0 Å². The van der Waals surface area contributed by atoms with Gasteiger partial charge in [-0.3, -0.25) is 0 Å². The molecule has 2 fully saturated rings. The molecule has 0 spiro atoms. The van der Waals surface area contributed by atoms with Gasteiger partial charge in [-0.2, -0.15) is 0 Å². The van der Waals surface area contributed by atoms with Crippen molar-refractivity contribution >= 4 is 0 Å². The summed E-state index contributed by atoms with van der Waals surface area (Å²) in [6.07, 6.45) is 5.92. The van der Waals surface area contributed by atoms with Crippen LogP contribution in [0.15, 0.2) is 0 Å². The Balaban J connectivity index is 1.91. The average Bonchev–Trinajstić information content (AvgIpc) is 2.74. The van der Waals surface area contributed by atoms with E-state index in [1.807, 2.05) is 0 Å². The van der Waals surface area contributed by atoms with Crippen molar-refractivity contribution < 1.29 is 4.74 Å². The number of likely N-dealkylation sites (tertiary alicyclic amines) is 1. The number of ether oxygens (including phenoxy) is 1. The van der Waals surface area contributed by atoms with Crippen LogP contribution in [0, 0.1) is 0 Å². The molecule has 2 aliphatic heterocycles. The Bertz CT molecular complexity index is 302. The van der Waals surface area contributed by atoms with E-state index in [4.69, 9.17) is 10.5 Å². The van der Waals surface area contributed by atoms with Crippen molar-refractivity contribution in [1.29, 1.82) is 0 Å². The zero-order chi connectivity index (χ0) is 14.6. The zero-order valence-corrected chi connectivity index (χ0v) is 13.6. The number of hydrogen-bond acceptors (Lipinski definition) is 4. The first-order valence-corrected chi connectivity index (χ1v) is 8.32. The summed E-state index contributed by atoms with van der Waals surface area (Å²) < 4.78 is 5.90. The number of nitrogens with one attached hydrogen (secondary N) is 1. The lowest BCUT2D eigenvalue weighted by molar-refractivity contribution is 0.0133. The molecule has 3 N–H and O–H groups in total. The minimum atomic E-state index is 0.0200. The number of hydrogen-bond donors (Lipinski definition) is 2. The zero-order valence-electron chi connectivity index (χ0n) is 13.6. The van der Waals surface area contributed by atoms with Crippen LogP contribution in [-0.2, 0) is 4.74 Å². The van der Waals surface area contributed by atoms with Crippen molar-refractivity contribution in [3.8, 4) is 0 Å². The number of rotatable bonds is 5. The fourth-order valence-electron chi connectivity index (χ4n) is 3.54. The third-order valence-electron chi connectivity index (χ3n) is 5.24. The monoisotopic (exact) mass is 283 g/mol. The SMILES string of the molecule is CC(C)N1CCCC(CN)(NCC2(C)CCCO2)CC1. The van der Waals surface area contributed by atoms with E-state index in [2.05, 4.69) is 31.0 Å². The van der Waals surface area contributed by atoms with Crippen molar-refractivity contribution in [2.45, 2.75) is 70.1 Å². The van der Waals surface area contributed by atoms with Crippen LogP contribution in [0.5, 0.6) is 0 Å². The first kappa shape index (κ1) is 16.2. The molecule has 2 unspecified atom stereocenters. The Morgan fingerprint density at radius 2 is 2.00 bits per heavy atom. The molecule has 2 saturated heterocycles. The summed E-state index contributed by atoms with van der Waals surface area (Å²) in [5.74, 6) is 0. The third-order valence-corrected chi connectivity index (χ3v) is 5.24. The normalized spacial score (nSPS) is 36.5. The van der Waals surface area contributed by atoms with Crippen molar-refractivity contribution in [3.63, 3.8) is 0 Å². The third kappa shape index (κ3) is 3.94. The molecular formula is C16H33N3O. The molecule has 4 nitrogen and oxygen atoms in total. The maximum Gasteiger partial charge on any atom is 0.0779 e. The summed E-state index contributed by atoms with van der Waals surface area (Å²) >= 11 is 0. The van der Waals surface area contributed by atoms with Gasteiger partial charge >= 0.3 is 0 Å². The van der Waals surface area contributed by atoms with Gasteiger partial charge in [-0.15, -0.1) is 0 Å². The second kappa shape index (κ2) is 6.73. The van der Waals surface area contributed by atoms with Gasteiger partial charge in [0.2, 0.25) is 0 Å². The smallest absolute Gasteiger partial charge is 0.0779 e. The predicted molar refractivity (Wildman–Crippen MR) is 83.9 cm³/mol. The largest absolute Gasteiger partial charge is 0.374 e. The van der Waals surface area contributed by atoms with E-state index in [0.717, 1.165) is 32.7 Å². The first-order valence-electron chi connectivity index (χ1n) is 8.32. The Hall–Kier alpha value is -0.160. The molecule has 4 heteroatoms. The fourth-order valence-corrected chi connectivity index (χ4v) is 3.54. The molecule has 0 bridgehead atoms. The Morgan fingerprint density at radius 1 is 1.20 bits per heavy atom. The molecule has 118 valence electrons. The molecule has 20 heavy (non-hydrogen) atoms. The van der Waals surface area contributed by atoms with Crippen LogP contribution >= 0.6 is 0 Å². The van der Waals surface area contributed by atoms with Gasteiger partial charge in [0, 0.05) is 37.8 Å². The van der Waals surface area contributed by atoms with E-state index in [9.17, 15) is 0 Å². The second-order valence-electron chi connectivity index (χ2n) is 7.22. The summed E-state index contributed by atoms with van der Waals surface area (Å²) in [7, 11) is 0. The highest BCUT2D eigenvalue weighted by Gasteiger charge is 2.36. The van der Waals surface area contributed by atoms with E-state index in [-0.39, 0.29) is 11.1 Å². The molecular weight excluding hydrogens is 250 g/mol. The maximum atomic E-state index is 6.14. The fraction of sp³-hybridized carbons (Fsp3) is 1.00. The van der Waals surface area contributed by atoms with E-state index in [1.165, 1.54) is 32.2 Å². The van der Waals surface area contributed by atoms with Gasteiger partial charge in [0.1, 0.15) is 0 Å². The summed E-state index contributed by atoms with van der Waals surface area (Å²) in [5.41, 5.74) is 6.27. The van der Waals surface area contributed by atoms with Crippen molar-refractivity contribution in [2.75, 3.05) is 32.8 Å². The van der Waals surface area contributed by atoms with Gasteiger partial charge in [-0.05, 0) is 59.4 Å². The lowest BCUT2D eigenvalue weighted by Gasteiger charge is -2.36. The molecule has 2 rings (SSSR count). The van der Waals surface area contributed by atoms with E-state index >= 15 is 0 Å². The minimum absolute atomic E-state index is 0.0200. The lowest BCUT2D eigenvalue weighted by Crippen LogP contribution is -2.55. The van der Waals surface area contributed by atoms with Crippen LogP contribution in [-0.4, -0.2) is 54.9 Å². The van der Waals surface area contributed by atoms with Crippen LogP contribution in [0.4, 0.5) is 0 Å². The van der Waals surface area contributed by atoms with Crippen molar-refractivity contribution in [1.82, 2.24) is 10.2 Å². The topological polar surface area (TPSA) is 50.5 Å². The Labute approximate surface area is 124 Å². The molecule has 2 heterocycles. The lowest BCUT2D eigenvalue weighted by atomic mass is 9.89. The van der Waals surface area contributed by atoms with Crippen molar-refractivity contribution in [3.05, 3.63) is 0 Å². The number of nitrogens with two attached hydrogens (primary N) is 1. The molecule has 2 atom stereocenters. The highest BCUT2D eigenvalue weighted by atomic mass is 16.5. The van der Waals surface area contributed by atoms with Crippen LogP contribution in [0.3, 0.4) is 0 Å². The van der Waals surface area contributed by atoms with Crippen LogP contribution in [0.1, 0.15) is 52.9 Å². The molecule has 0 aliphatic carbocycles. The van der Waals surface area contributed by atoms with Gasteiger partial charge in [0.05, 0.1) is 5.60 Å². The average molecular weight is 283 g/mol. The molecule has 0 aromatic rings. The van der Waals surface area contributed by atoms with E-state index < -0.39 is 0 Å². The predicted octanol–water partition coefficient (Wildman–Crippen LogP) is 1.74. The Morgan fingerprint density at radius 3 is 2.60 bits per heavy atom. The molecule has 0 radical (unpaired) electrons. The standard InChI is InChI=1S/C16H33N3O/c1-14(2)19-9-4-7-16(12-17,8-10-19)18-13-15(3)6-5-11-20-15/h14,18H,4-13,17H2,1-3H3. The summed E-state index contributed by atoms with van der Waals surface area (Å²) in [4.78, 5) is 2.58. The maximum absolute atomic E-state index is 6.14. The molecule has 2 aliphatic rings. The second-order valence-corrected chi connectivity index (χ2v) is 7.22. The molecule has 0 aromatic carbocycles. The summed E-state index contributed by atoms with van der Waals surface area (Å²) in [5, 5.41) is 3.79. The quantitative estimate of drug-likeness (QED) is 0.807. The highest BCUT2D eigenvalue weighted by molar-refractivity contribution is 4.95. The van der Waals surface area contributed by atoms with E-state index in [0.29, 0.717) is 6.04 Å². The van der Waals surface area contributed by atoms with Crippen LogP contribution < -0.4 is 11.1 Å². The number of nitrogens with zero attached hydrogens (tertiary/aromatic N) is 1. The van der Waals surface area contributed by atoms with E-state index in [1.54, 1.807) is 0 Å². The summed E-state index contributed by atoms with van der Waals surface area (Å²) in [6.45, 7) is 11.7. The van der Waals surface area contributed by atoms with Gasteiger partial charge in [0.15, 0.2) is 0 Å². The van der Waals surface area contributed by atoms with Crippen LogP contribution in [0.25, 0.3) is 0 Å². The van der Waals surface area contributed by atoms with Gasteiger partial charge in [-0.1, -0.05) is 0 Å². The first-order chi connectivity index (χ1) is 9.49.